The molecule has 0 bridgehead atoms. The van der Waals surface area contributed by atoms with Gasteiger partial charge in [-0.1, -0.05) is 12.1 Å². The molecule has 4 heteroatoms. The predicted octanol–water partition coefficient (Wildman–Crippen LogP) is 2.86. The standard InChI is InChI=1S/C13H11N3S/c14-9-5-6-15-10(7-9)8-13-16-11-3-1-2-4-12(11)17-13/h1-7H,8H2,(H2,14,15). The van der Waals surface area contributed by atoms with Gasteiger partial charge in [0.25, 0.3) is 0 Å². The average molecular weight is 241 g/mol. The molecule has 0 aliphatic heterocycles. The fourth-order valence-electron chi connectivity index (χ4n) is 1.74. The fourth-order valence-corrected chi connectivity index (χ4v) is 2.73. The summed E-state index contributed by atoms with van der Waals surface area (Å²) in [7, 11) is 0. The van der Waals surface area contributed by atoms with Crippen molar-refractivity contribution in [2.45, 2.75) is 6.42 Å². The summed E-state index contributed by atoms with van der Waals surface area (Å²) in [6.07, 6.45) is 2.47. The Balaban J connectivity index is 1.94. The van der Waals surface area contributed by atoms with Crippen molar-refractivity contribution in [1.29, 1.82) is 0 Å². The van der Waals surface area contributed by atoms with Gasteiger partial charge in [-0.05, 0) is 24.3 Å². The first kappa shape index (κ1) is 10.2. The normalized spacial score (nSPS) is 10.8. The van der Waals surface area contributed by atoms with Gasteiger partial charge in [0.2, 0.25) is 0 Å². The molecule has 17 heavy (non-hydrogen) atoms. The van der Waals surface area contributed by atoms with E-state index in [1.165, 1.54) is 4.70 Å². The highest BCUT2D eigenvalue weighted by atomic mass is 32.1. The number of thiazole rings is 1. The molecule has 2 heterocycles. The number of nitrogen functional groups attached to an aromatic ring is 1. The Morgan fingerprint density at radius 1 is 1.18 bits per heavy atom. The lowest BCUT2D eigenvalue weighted by Gasteiger charge is -1.97. The van der Waals surface area contributed by atoms with Gasteiger partial charge in [-0.2, -0.15) is 0 Å². The van der Waals surface area contributed by atoms with Gasteiger partial charge in [-0.15, -0.1) is 11.3 Å². The van der Waals surface area contributed by atoms with Gasteiger partial charge in [0.15, 0.2) is 0 Å². The predicted molar refractivity (Wildman–Crippen MR) is 71.1 cm³/mol. The van der Waals surface area contributed by atoms with E-state index in [2.05, 4.69) is 16.0 Å². The second-order valence-electron chi connectivity index (χ2n) is 3.83. The van der Waals surface area contributed by atoms with Gasteiger partial charge in [0.1, 0.15) is 0 Å². The zero-order valence-electron chi connectivity index (χ0n) is 9.13. The molecule has 0 radical (unpaired) electrons. The average Bonchev–Trinajstić information content (AvgIpc) is 2.71. The molecular weight excluding hydrogens is 230 g/mol. The minimum absolute atomic E-state index is 0.740. The lowest BCUT2D eigenvalue weighted by Crippen LogP contribution is -1.93. The summed E-state index contributed by atoms with van der Waals surface area (Å²) in [5.74, 6) is 0. The van der Waals surface area contributed by atoms with Crippen LogP contribution >= 0.6 is 11.3 Å². The lowest BCUT2D eigenvalue weighted by atomic mass is 10.2. The molecule has 0 fully saturated rings. The maximum Gasteiger partial charge on any atom is 0.0998 e. The van der Waals surface area contributed by atoms with E-state index in [4.69, 9.17) is 5.73 Å². The van der Waals surface area contributed by atoms with Gasteiger partial charge < -0.3 is 5.73 Å². The van der Waals surface area contributed by atoms with Crippen LogP contribution in [0.15, 0.2) is 42.6 Å². The largest absolute Gasteiger partial charge is 0.399 e. The monoisotopic (exact) mass is 241 g/mol. The van der Waals surface area contributed by atoms with E-state index < -0.39 is 0 Å². The smallest absolute Gasteiger partial charge is 0.0998 e. The van der Waals surface area contributed by atoms with Crippen LogP contribution in [0.3, 0.4) is 0 Å². The molecule has 0 atom stereocenters. The second kappa shape index (κ2) is 4.14. The maximum absolute atomic E-state index is 5.73. The van der Waals surface area contributed by atoms with Crippen LogP contribution in [0.5, 0.6) is 0 Å². The molecule has 1 aromatic carbocycles. The van der Waals surface area contributed by atoms with E-state index in [1.807, 2.05) is 24.3 Å². The molecule has 84 valence electrons. The number of fused-ring (bicyclic) bond motifs is 1. The number of nitrogens with two attached hydrogens (primary N) is 1. The quantitative estimate of drug-likeness (QED) is 0.750. The summed E-state index contributed by atoms with van der Waals surface area (Å²) in [4.78, 5) is 8.87. The van der Waals surface area contributed by atoms with E-state index >= 15 is 0 Å². The number of para-hydroxylation sites is 1. The van der Waals surface area contributed by atoms with Crippen LogP contribution in [0.4, 0.5) is 5.69 Å². The molecule has 3 nitrogen and oxygen atoms in total. The van der Waals surface area contributed by atoms with Crippen LogP contribution in [0.25, 0.3) is 10.2 Å². The van der Waals surface area contributed by atoms with E-state index in [0.29, 0.717) is 0 Å². The summed E-state index contributed by atoms with van der Waals surface area (Å²) in [5, 5.41) is 1.07. The summed E-state index contributed by atoms with van der Waals surface area (Å²) in [6, 6.07) is 11.8. The Labute approximate surface area is 103 Å². The number of pyridine rings is 1. The molecule has 3 aromatic rings. The van der Waals surface area contributed by atoms with Crippen molar-refractivity contribution in [2.75, 3.05) is 5.73 Å². The van der Waals surface area contributed by atoms with E-state index in [0.717, 1.165) is 28.3 Å². The summed E-state index contributed by atoms with van der Waals surface area (Å²) in [5.41, 5.74) is 8.49. The Kier molecular flexibility index (Phi) is 2.49. The topological polar surface area (TPSA) is 51.8 Å². The highest BCUT2D eigenvalue weighted by Crippen LogP contribution is 2.23. The number of nitrogens with zero attached hydrogens (tertiary/aromatic N) is 2. The molecule has 2 aromatic heterocycles. The zero-order chi connectivity index (χ0) is 11.7. The Morgan fingerprint density at radius 3 is 2.88 bits per heavy atom. The highest BCUT2D eigenvalue weighted by molar-refractivity contribution is 7.18. The molecular formula is C13H11N3S. The minimum atomic E-state index is 0.740. The van der Waals surface area contributed by atoms with Crippen LogP contribution in [-0.4, -0.2) is 9.97 Å². The molecule has 0 amide bonds. The van der Waals surface area contributed by atoms with E-state index in [1.54, 1.807) is 23.6 Å². The van der Waals surface area contributed by atoms with Gasteiger partial charge in [-0.3, -0.25) is 4.98 Å². The van der Waals surface area contributed by atoms with Crippen LogP contribution in [-0.2, 0) is 6.42 Å². The van der Waals surface area contributed by atoms with Crippen LogP contribution in [0.2, 0.25) is 0 Å². The van der Waals surface area contributed by atoms with Crippen molar-refractivity contribution in [3.8, 4) is 0 Å². The zero-order valence-corrected chi connectivity index (χ0v) is 9.95. The molecule has 0 aliphatic carbocycles. The number of anilines is 1. The molecule has 3 rings (SSSR count). The van der Waals surface area contributed by atoms with Gasteiger partial charge >= 0.3 is 0 Å². The summed E-state index contributed by atoms with van der Waals surface area (Å²) in [6.45, 7) is 0. The Morgan fingerprint density at radius 2 is 2.06 bits per heavy atom. The van der Waals surface area contributed by atoms with Gasteiger partial charge in [-0.25, -0.2) is 4.98 Å². The third-order valence-electron chi connectivity index (χ3n) is 2.51. The SMILES string of the molecule is Nc1ccnc(Cc2nc3ccccc3s2)c1. The van der Waals surface area contributed by atoms with Crippen LogP contribution in [0.1, 0.15) is 10.7 Å². The highest BCUT2D eigenvalue weighted by Gasteiger charge is 2.05. The molecule has 0 spiro atoms. The third-order valence-corrected chi connectivity index (χ3v) is 3.55. The molecule has 0 unspecified atom stereocenters. The number of rotatable bonds is 2. The molecule has 0 saturated heterocycles. The first-order valence-electron chi connectivity index (χ1n) is 5.36. The lowest BCUT2D eigenvalue weighted by molar-refractivity contribution is 1.06. The second-order valence-corrected chi connectivity index (χ2v) is 4.95. The first-order valence-corrected chi connectivity index (χ1v) is 6.18. The summed E-state index contributed by atoms with van der Waals surface area (Å²) >= 11 is 1.71. The van der Waals surface area contributed by atoms with Gasteiger partial charge in [0, 0.05) is 24.0 Å². The van der Waals surface area contributed by atoms with E-state index in [9.17, 15) is 0 Å². The van der Waals surface area contributed by atoms with Crippen molar-refractivity contribution in [1.82, 2.24) is 9.97 Å². The number of hydrogen-bond donors (Lipinski definition) is 1. The number of benzene rings is 1. The summed E-state index contributed by atoms with van der Waals surface area (Å²) < 4.78 is 1.21. The molecule has 2 N–H and O–H groups in total. The van der Waals surface area contributed by atoms with Crippen molar-refractivity contribution in [2.24, 2.45) is 0 Å². The Bertz CT molecular complexity index is 627. The maximum atomic E-state index is 5.73. The minimum Gasteiger partial charge on any atom is -0.399 e. The van der Waals surface area contributed by atoms with Crippen molar-refractivity contribution < 1.29 is 0 Å². The van der Waals surface area contributed by atoms with E-state index in [-0.39, 0.29) is 0 Å². The number of aromatic nitrogens is 2. The molecule has 0 aliphatic rings. The van der Waals surface area contributed by atoms with Gasteiger partial charge in [0.05, 0.1) is 15.2 Å². The number of hydrogen-bond acceptors (Lipinski definition) is 4. The van der Waals surface area contributed by atoms with Crippen molar-refractivity contribution in [3.05, 3.63) is 53.3 Å². The fraction of sp³-hybridized carbons (Fsp3) is 0.0769. The third kappa shape index (κ3) is 2.12. The van der Waals surface area contributed by atoms with Crippen LogP contribution in [0, 0.1) is 0 Å². The van der Waals surface area contributed by atoms with Crippen LogP contribution < -0.4 is 5.73 Å². The first-order chi connectivity index (χ1) is 8.31. The van der Waals surface area contributed by atoms with Crippen molar-refractivity contribution in [3.63, 3.8) is 0 Å². The Hall–Kier alpha value is -1.94. The molecule has 0 saturated carbocycles. The van der Waals surface area contributed by atoms with Crippen molar-refractivity contribution >= 4 is 27.2 Å².